The predicted molar refractivity (Wildman–Crippen MR) is 291 cm³/mol. The fraction of sp³-hybridized carbons (Fsp3) is 0.547. The van der Waals surface area contributed by atoms with Crippen LogP contribution in [0, 0.1) is 7.43 Å². The van der Waals surface area contributed by atoms with Gasteiger partial charge in [-0.1, -0.05) is 80.1 Å². The van der Waals surface area contributed by atoms with Crippen molar-refractivity contribution >= 4 is 65.1 Å². The van der Waals surface area contributed by atoms with Crippen LogP contribution in [0.25, 0.3) is 0 Å². The van der Waals surface area contributed by atoms with Crippen molar-refractivity contribution in [2.75, 3.05) is 14.1 Å². The van der Waals surface area contributed by atoms with Crippen molar-refractivity contribution in [3.8, 4) is 0 Å². The Bertz CT molecular complexity index is 2030. The van der Waals surface area contributed by atoms with Gasteiger partial charge in [0.25, 0.3) is 0 Å². The molecule has 78 heavy (non-hydrogen) atoms. The molecule has 0 bridgehead atoms. The molecule has 2 amide bonds. The van der Waals surface area contributed by atoms with Crippen LogP contribution in [-0.4, -0.2) is 95.5 Å². The molecule has 5 rings (SSSR count). The van der Waals surface area contributed by atoms with Crippen molar-refractivity contribution in [2.24, 2.45) is 5.73 Å². The minimum Gasteiger partial charge on any atom is -0.870 e. The summed E-state index contributed by atoms with van der Waals surface area (Å²) in [7, 11) is 3.22. The Labute approximate surface area is 530 Å². The molecule has 3 unspecified atom stereocenters. The Morgan fingerprint density at radius 2 is 1.29 bits per heavy atom. The number of nitrogens with one attached hydrogen (secondary N) is 2. The number of halogens is 2. The maximum atomic E-state index is 11.2. The monoisotopic (exact) mass is 1260 g/mol. The molecule has 1 aliphatic heterocycles. The standard InChI is InChI=1S/C9H16O2.C9H12O2.C8H17NO2.C8H17NO.C6H5ClO2.C6H4ClO2.C6H7NO3.CH3.H3N.2Na.2H2O.Rh.H2/c2*1-3-7-5-6-9(11-7)8(10)4-2;1-3-4-5-6-7(10)8(11)9-2;1-3-4-5-6-7-8(10)9-2;2*7-3-5-1-2-6(4-8)9-5;7-3-4-1-2-5(10-4)6(8)9;;;;;;;;/h7,9H,3-6H2,1-2H3;5-6H,3-4H2,1-2H3;7,10H,3-6H2,1-2H3,(H,9,11);3-7H2,1-2H3,(H,9,10);1-2,4H,3H2;1-2H,3H2;1-2H,3,7H2,(H,8,9);2*1H3;;;2*1H2;;1H/q;;;;;-1;;-1;;2*+1;;;;/p-2. The summed E-state index contributed by atoms with van der Waals surface area (Å²) in [5, 5.41) is 22.5. The number of furan rings is 4. The average molecular weight is 1260 g/mol. The topological polar surface area (TPSA) is 367 Å². The van der Waals surface area contributed by atoms with Gasteiger partial charge >= 0.3 is 65.1 Å². The van der Waals surface area contributed by atoms with Crippen LogP contribution in [0.2, 0.25) is 0 Å². The van der Waals surface area contributed by atoms with Gasteiger partial charge in [-0.3, -0.25) is 24.0 Å². The molecule has 1 radical (unpaired) electrons. The van der Waals surface area contributed by atoms with Crippen molar-refractivity contribution in [3.63, 3.8) is 0 Å². The summed E-state index contributed by atoms with van der Waals surface area (Å²) < 4.78 is 25.2. The van der Waals surface area contributed by atoms with Gasteiger partial charge in [-0.2, -0.15) is 6.07 Å². The van der Waals surface area contributed by atoms with Crippen LogP contribution in [0.1, 0.15) is 193 Å². The van der Waals surface area contributed by atoms with Gasteiger partial charge in [-0.15, -0.1) is 29.3 Å². The van der Waals surface area contributed by atoms with Crippen molar-refractivity contribution in [3.05, 3.63) is 102 Å². The number of likely N-dealkylation sites (N-methyl/N-ethyl adjacent to an activating group) is 1. The minimum absolute atomic E-state index is 0. The third kappa shape index (κ3) is 45.9. The number of hydrogen-bond donors (Lipinski definition) is 6. The Hall–Kier alpha value is -2.83. The number of ether oxygens (including phenoxy) is 1. The molecule has 0 aliphatic carbocycles. The number of ketones is 2. The molecule has 1 fully saturated rings. The molecule has 11 N–H and O–H groups in total. The zero-order valence-electron chi connectivity index (χ0n) is 47.7. The molecule has 3 atom stereocenters. The van der Waals surface area contributed by atoms with E-state index >= 15 is 0 Å². The quantitative estimate of drug-likeness (QED) is 0.0151. The van der Waals surface area contributed by atoms with Crippen LogP contribution < -0.4 is 81.6 Å². The summed E-state index contributed by atoms with van der Waals surface area (Å²) in [6.07, 6.45) is 15.8. The number of aliphatic hydroxyl groups excluding tert-OH is 1. The number of aliphatic hydroxyl groups is 1. The average Bonchev–Trinajstić information content (AvgIpc) is 4.28. The fourth-order valence-corrected chi connectivity index (χ4v) is 6.01. The Morgan fingerprint density at radius 1 is 0.756 bits per heavy atom. The number of aromatic carboxylic acids is 1. The van der Waals surface area contributed by atoms with E-state index in [9.17, 15) is 33.6 Å². The number of amides is 2. The number of carboxylic acids is 1. The molecule has 443 valence electrons. The summed E-state index contributed by atoms with van der Waals surface area (Å²) in [4.78, 5) is 73.7. The van der Waals surface area contributed by atoms with Crippen molar-refractivity contribution in [2.45, 2.75) is 174 Å². The van der Waals surface area contributed by atoms with E-state index < -0.39 is 12.1 Å². The van der Waals surface area contributed by atoms with Gasteiger partial charge in [0.05, 0.1) is 30.2 Å². The van der Waals surface area contributed by atoms with E-state index in [1.807, 2.05) is 26.8 Å². The summed E-state index contributed by atoms with van der Waals surface area (Å²) in [6.45, 7) is 12.3. The van der Waals surface area contributed by atoms with Gasteiger partial charge in [0, 0.05) is 67.0 Å². The number of carboxylic acid groups (broad SMARTS) is 1. The molecule has 5 heterocycles. The first-order valence-corrected chi connectivity index (χ1v) is 25.2. The number of carbonyl (C=O) groups excluding carboxylic acids is 6. The van der Waals surface area contributed by atoms with Crippen molar-refractivity contribution in [1.29, 1.82) is 0 Å². The third-order valence-corrected chi connectivity index (χ3v) is 10.5. The van der Waals surface area contributed by atoms with E-state index in [4.69, 9.17) is 61.6 Å². The number of Topliss-reactive ketones (excluding diaryl/α,β-unsaturated/α-hetero) is 2. The SMILES string of the molecule is CCC(=O)C1CCC(CC)O1.CCC(=O)c1ccc(CC)o1.CCCCCC(O)C(=O)NC.CCCCCCC(=O)NC.N.NCc1ccc(C(=O)O)o1.O=Cc1ccc(CCl)o1.O=[C-]c1ccc(CCl)o1.[CH3-].[HH].[Na+].[Na+].[OH-].[OH-].[Rh]. The largest absolute Gasteiger partial charge is 1.00 e. The van der Waals surface area contributed by atoms with E-state index in [1.165, 1.54) is 38.4 Å². The summed E-state index contributed by atoms with van der Waals surface area (Å²) in [6, 6.07) is 13.0. The van der Waals surface area contributed by atoms with Gasteiger partial charge in [0.2, 0.25) is 17.6 Å². The maximum absolute atomic E-state index is 11.2. The Kier molecular flexibility index (Phi) is 74.8. The number of rotatable bonds is 22. The normalized spacial score (nSPS) is 12.2. The first kappa shape index (κ1) is 94.4. The molecule has 0 saturated carbocycles. The summed E-state index contributed by atoms with van der Waals surface area (Å²) in [5.74, 6) is 3.28. The Morgan fingerprint density at radius 3 is 1.67 bits per heavy atom. The first-order valence-electron chi connectivity index (χ1n) is 24.1. The minimum atomic E-state index is -1.07. The zero-order valence-corrected chi connectivity index (χ0v) is 54.9. The Balaban J connectivity index is -0.0000000865. The first-order chi connectivity index (χ1) is 34.0. The number of aldehydes is 1. The van der Waals surface area contributed by atoms with Gasteiger partial charge < -0.3 is 78.3 Å². The number of hydrogen-bond acceptors (Lipinski definition) is 17. The third-order valence-electron chi connectivity index (χ3n) is 9.94. The van der Waals surface area contributed by atoms with Crippen LogP contribution in [0.5, 0.6) is 0 Å². The smallest absolute Gasteiger partial charge is 0.870 e. The molecule has 1 saturated heterocycles. The molecule has 25 heteroatoms. The van der Waals surface area contributed by atoms with E-state index in [0.717, 1.165) is 57.1 Å². The number of nitrogens with two attached hydrogens (primary N) is 1. The van der Waals surface area contributed by atoms with Crippen LogP contribution >= 0.6 is 23.2 Å². The van der Waals surface area contributed by atoms with E-state index in [-0.39, 0.29) is 152 Å². The molecular weight excluding hydrogens is 1170 g/mol. The van der Waals surface area contributed by atoms with Crippen molar-refractivity contribution in [1.82, 2.24) is 16.8 Å². The van der Waals surface area contributed by atoms with Crippen LogP contribution in [0.4, 0.5) is 0 Å². The van der Waals surface area contributed by atoms with Crippen LogP contribution in [0.3, 0.4) is 0 Å². The fourth-order valence-electron chi connectivity index (χ4n) is 5.72. The molecule has 20 nitrogen and oxygen atoms in total. The zero-order chi connectivity index (χ0) is 54.0. The second kappa shape index (κ2) is 61.8. The molecular formula is C53H88Cl2N4Na2O16Rh-2. The number of carbonyl (C=O) groups is 6. The van der Waals surface area contributed by atoms with Crippen LogP contribution in [0.15, 0.2) is 66.2 Å². The van der Waals surface area contributed by atoms with Gasteiger partial charge in [0.15, 0.2) is 29.4 Å². The summed E-state index contributed by atoms with van der Waals surface area (Å²) >= 11 is 10.8. The van der Waals surface area contributed by atoms with E-state index in [2.05, 4.69) is 31.4 Å². The summed E-state index contributed by atoms with van der Waals surface area (Å²) in [5.41, 5.74) is 5.18. The number of alkyl halides is 2. The molecule has 0 aromatic carbocycles. The molecule has 0 spiro atoms. The van der Waals surface area contributed by atoms with Gasteiger partial charge in [-0.05, 0) is 74.3 Å². The molecule has 1 aliphatic rings. The predicted octanol–water partition coefficient (Wildman–Crippen LogP) is 4.99. The molecule has 4 aromatic heterocycles. The number of unbranched alkanes of at least 4 members (excludes halogenated alkanes) is 5. The van der Waals surface area contributed by atoms with E-state index in [0.29, 0.717) is 78.6 Å². The van der Waals surface area contributed by atoms with E-state index in [1.54, 1.807) is 43.7 Å². The molecule has 4 aromatic rings. The van der Waals surface area contributed by atoms with Gasteiger partial charge in [-0.25, -0.2) is 4.79 Å². The number of aryl methyl sites for hydroxylation is 1. The second-order valence-electron chi connectivity index (χ2n) is 15.4. The van der Waals surface area contributed by atoms with Crippen molar-refractivity contribution < 1.29 is 157 Å². The second-order valence-corrected chi connectivity index (χ2v) is 15.9. The van der Waals surface area contributed by atoms with Gasteiger partial charge in [0.1, 0.15) is 29.5 Å². The van der Waals surface area contributed by atoms with Crippen LogP contribution in [-0.2, 0) is 68.1 Å². The maximum Gasteiger partial charge on any atom is 1.00 e.